The fraction of sp³-hybridized carbons (Fsp3) is 0.167. The summed E-state index contributed by atoms with van der Waals surface area (Å²) in [5.74, 6) is 0.163. The Balaban J connectivity index is 1.73. The van der Waals surface area contributed by atoms with Crippen molar-refractivity contribution in [1.82, 2.24) is 19.9 Å². The van der Waals surface area contributed by atoms with E-state index in [-0.39, 0.29) is 17.8 Å². The largest absolute Gasteiger partial charge is 0.361 e. The van der Waals surface area contributed by atoms with Gasteiger partial charge in [-0.1, -0.05) is 12.6 Å². The number of hydrogen-bond acceptors (Lipinski definition) is 4. The summed E-state index contributed by atoms with van der Waals surface area (Å²) in [6.07, 6.45) is 4.54. The number of rotatable bonds is 3. The van der Waals surface area contributed by atoms with Crippen LogP contribution in [-0.2, 0) is 11.3 Å². The molecule has 25 heavy (non-hydrogen) atoms. The number of fused-ring (bicyclic) bond motifs is 2. The molecule has 1 aromatic carbocycles. The highest BCUT2D eigenvalue weighted by Gasteiger charge is 2.28. The zero-order valence-electron chi connectivity index (χ0n) is 13.4. The number of nitrogens with one attached hydrogen (secondary N) is 2. The summed E-state index contributed by atoms with van der Waals surface area (Å²) in [6, 6.07) is 6.34. The first-order chi connectivity index (χ1) is 12.2. The van der Waals surface area contributed by atoms with Crippen LogP contribution in [0.5, 0.6) is 0 Å². The molecule has 0 radical (unpaired) electrons. The van der Waals surface area contributed by atoms with Gasteiger partial charge in [-0.05, 0) is 35.4 Å². The summed E-state index contributed by atoms with van der Waals surface area (Å²) in [5.41, 5.74) is 2.46. The highest BCUT2D eigenvalue weighted by molar-refractivity contribution is 5.88. The van der Waals surface area contributed by atoms with Crippen LogP contribution >= 0.6 is 0 Å². The van der Waals surface area contributed by atoms with E-state index in [9.17, 15) is 9.18 Å². The van der Waals surface area contributed by atoms with E-state index in [1.165, 1.54) is 24.5 Å². The van der Waals surface area contributed by atoms with Gasteiger partial charge >= 0.3 is 0 Å². The maximum Gasteiger partial charge on any atom is 0.246 e. The molecule has 0 spiro atoms. The molecular formula is C18H16FN5O. The first kappa shape index (κ1) is 15.3. The maximum absolute atomic E-state index is 13.7. The van der Waals surface area contributed by atoms with Crippen LogP contribution in [0.2, 0.25) is 0 Å². The standard InChI is InChI=1S/C18H16FN5O/c1-2-16(25)24-8-11-7-12(19)3-4-13(11)15(9-24)23-18-14-5-6-20-17(14)21-10-22-18/h2-7,10,15H,1,8-9H2,(H2,20,21,22,23). The second-order valence-corrected chi connectivity index (χ2v) is 5.93. The Kier molecular flexibility index (Phi) is 3.68. The minimum Gasteiger partial charge on any atom is -0.361 e. The van der Waals surface area contributed by atoms with Gasteiger partial charge in [0.1, 0.15) is 23.6 Å². The molecule has 7 heteroatoms. The normalized spacial score (nSPS) is 16.5. The van der Waals surface area contributed by atoms with Crippen molar-refractivity contribution < 1.29 is 9.18 Å². The predicted octanol–water partition coefficient (Wildman–Crippen LogP) is 2.78. The lowest BCUT2D eigenvalue weighted by Crippen LogP contribution is -2.39. The van der Waals surface area contributed by atoms with Crippen LogP contribution in [0.25, 0.3) is 11.0 Å². The van der Waals surface area contributed by atoms with Crippen LogP contribution in [0.4, 0.5) is 10.2 Å². The first-order valence-corrected chi connectivity index (χ1v) is 7.90. The molecule has 2 aromatic heterocycles. The number of aromatic amines is 1. The van der Waals surface area contributed by atoms with E-state index in [1.807, 2.05) is 6.07 Å². The first-order valence-electron chi connectivity index (χ1n) is 7.90. The molecule has 0 aliphatic carbocycles. The van der Waals surface area contributed by atoms with E-state index in [0.29, 0.717) is 18.9 Å². The summed E-state index contributed by atoms with van der Waals surface area (Å²) in [7, 11) is 0. The average molecular weight is 337 g/mol. The number of halogens is 1. The number of amides is 1. The molecule has 0 fully saturated rings. The molecule has 0 bridgehead atoms. The smallest absolute Gasteiger partial charge is 0.246 e. The lowest BCUT2D eigenvalue weighted by Gasteiger charge is -2.35. The van der Waals surface area contributed by atoms with Crippen LogP contribution < -0.4 is 5.32 Å². The molecule has 3 aromatic rings. The van der Waals surface area contributed by atoms with Crippen molar-refractivity contribution in [3.63, 3.8) is 0 Å². The minimum absolute atomic E-state index is 0.184. The molecule has 0 saturated heterocycles. The van der Waals surface area contributed by atoms with Crippen molar-refractivity contribution in [2.45, 2.75) is 12.6 Å². The number of benzene rings is 1. The zero-order valence-corrected chi connectivity index (χ0v) is 13.4. The average Bonchev–Trinajstić information content (AvgIpc) is 3.10. The van der Waals surface area contributed by atoms with Crippen LogP contribution in [0.15, 0.2) is 49.4 Å². The van der Waals surface area contributed by atoms with Crippen molar-refractivity contribution in [3.8, 4) is 0 Å². The number of aromatic nitrogens is 3. The van der Waals surface area contributed by atoms with Gasteiger partial charge in [0.15, 0.2) is 0 Å². The van der Waals surface area contributed by atoms with E-state index >= 15 is 0 Å². The van der Waals surface area contributed by atoms with E-state index in [1.54, 1.807) is 17.2 Å². The molecule has 1 aliphatic heterocycles. The molecule has 1 aliphatic rings. The van der Waals surface area contributed by atoms with Gasteiger partial charge in [0.25, 0.3) is 0 Å². The number of H-pyrrole nitrogens is 1. The number of anilines is 1. The van der Waals surface area contributed by atoms with Crippen LogP contribution in [0.3, 0.4) is 0 Å². The van der Waals surface area contributed by atoms with Crippen molar-refractivity contribution in [1.29, 1.82) is 0 Å². The van der Waals surface area contributed by atoms with Gasteiger partial charge in [0.2, 0.25) is 5.91 Å². The number of hydrogen-bond donors (Lipinski definition) is 2. The van der Waals surface area contributed by atoms with Crippen molar-refractivity contribution in [3.05, 3.63) is 66.4 Å². The lowest BCUT2D eigenvalue weighted by molar-refractivity contribution is -0.127. The third-order valence-corrected chi connectivity index (χ3v) is 4.40. The Morgan fingerprint density at radius 2 is 2.28 bits per heavy atom. The van der Waals surface area contributed by atoms with E-state index in [0.717, 1.165) is 22.2 Å². The van der Waals surface area contributed by atoms with Gasteiger partial charge in [-0.15, -0.1) is 0 Å². The number of nitrogens with zero attached hydrogens (tertiary/aromatic N) is 3. The lowest BCUT2D eigenvalue weighted by atomic mass is 9.95. The molecule has 3 heterocycles. The molecule has 6 nitrogen and oxygen atoms in total. The molecule has 1 atom stereocenters. The summed E-state index contributed by atoms with van der Waals surface area (Å²) in [4.78, 5) is 25.3. The molecule has 1 amide bonds. The van der Waals surface area contributed by atoms with Crippen molar-refractivity contribution >= 4 is 22.8 Å². The van der Waals surface area contributed by atoms with E-state index < -0.39 is 0 Å². The summed E-state index contributed by atoms with van der Waals surface area (Å²) < 4.78 is 13.7. The van der Waals surface area contributed by atoms with Gasteiger partial charge in [0.05, 0.1) is 11.4 Å². The monoisotopic (exact) mass is 337 g/mol. The van der Waals surface area contributed by atoms with E-state index in [4.69, 9.17) is 0 Å². The topological polar surface area (TPSA) is 73.9 Å². The third-order valence-electron chi connectivity index (χ3n) is 4.40. The molecule has 0 saturated carbocycles. The zero-order chi connectivity index (χ0) is 17.4. The number of carbonyl (C=O) groups is 1. The summed E-state index contributed by atoms with van der Waals surface area (Å²) in [6.45, 7) is 4.35. The fourth-order valence-corrected chi connectivity index (χ4v) is 3.21. The van der Waals surface area contributed by atoms with Gasteiger partial charge in [-0.2, -0.15) is 0 Å². The Bertz CT molecular complexity index is 967. The van der Waals surface area contributed by atoms with Crippen LogP contribution in [0.1, 0.15) is 17.2 Å². The van der Waals surface area contributed by atoms with Gasteiger partial charge in [-0.3, -0.25) is 4.79 Å². The molecule has 2 N–H and O–H groups in total. The third kappa shape index (κ3) is 2.73. The Labute approximate surface area is 143 Å². The van der Waals surface area contributed by atoms with Gasteiger partial charge in [-0.25, -0.2) is 14.4 Å². The maximum atomic E-state index is 13.7. The number of carbonyl (C=O) groups excluding carboxylic acids is 1. The second-order valence-electron chi connectivity index (χ2n) is 5.93. The Hall–Kier alpha value is -3.22. The Morgan fingerprint density at radius 1 is 1.40 bits per heavy atom. The van der Waals surface area contributed by atoms with Gasteiger partial charge < -0.3 is 15.2 Å². The van der Waals surface area contributed by atoms with Crippen LogP contribution in [-0.4, -0.2) is 32.3 Å². The SMILES string of the molecule is C=CC(=O)N1Cc2cc(F)ccc2C(Nc2ncnc3[nH]ccc23)C1. The molecule has 1 unspecified atom stereocenters. The predicted molar refractivity (Wildman–Crippen MR) is 92.3 cm³/mol. The highest BCUT2D eigenvalue weighted by Crippen LogP contribution is 2.31. The second kappa shape index (κ2) is 6.01. The van der Waals surface area contributed by atoms with Crippen LogP contribution in [0, 0.1) is 5.82 Å². The molecule has 126 valence electrons. The summed E-state index contributed by atoms with van der Waals surface area (Å²) >= 11 is 0. The summed E-state index contributed by atoms with van der Waals surface area (Å²) in [5, 5.41) is 4.23. The van der Waals surface area contributed by atoms with Gasteiger partial charge in [0, 0.05) is 19.3 Å². The van der Waals surface area contributed by atoms with Crippen molar-refractivity contribution in [2.75, 3.05) is 11.9 Å². The quantitative estimate of drug-likeness (QED) is 0.721. The van der Waals surface area contributed by atoms with E-state index in [2.05, 4.69) is 26.8 Å². The fourth-order valence-electron chi connectivity index (χ4n) is 3.21. The molecular weight excluding hydrogens is 321 g/mol. The Morgan fingerprint density at radius 3 is 3.12 bits per heavy atom. The van der Waals surface area contributed by atoms with Crippen molar-refractivity contribution in [2.24, 2.45) is 0 Å². The highest BCUT2D eigenvalue weighted by atomic mass is 19.1. The molecule has 4 rings (SSSR count). The minimum atomic E-state index is -0.319.